The van der Waals surface area contributed by atoms with E-state index in [4.69, 9.17) is 9.47 Å². The first kappa shape index (κ1) is 19.8. The van der Waals surface area contributed by atoms with Gasteiger partial charge in [-0.25, -0.2) is 9.37 Å². The molecular formula is C22H18FN3O3S. The number of carbonyl (C=O) groups is 1. The number of halogens is 1. The van der Waals surface area contributed by atoms with E-state index in [1.54, 1.807) is 42.6 Å². The number of carbonyl (C=O) groups excluding carboxylic acids is 1. The molecule has 0 atom stereocenters. The molecule has 2 aromatic heterocycles. The Bertz CT molecular complexity index is 1170. The Hall–Kier alpha value is -3.52. The predicted octanol–water partition coefficient (Wildman–Crippen LogP) is 4.45. The van der Waals surface area contributed by atoms with Gasteiger partial charge in [-0.05, 0) is 36.4 Å². The van der Waals surface area contributed by atoms with E-state index in [1.165, 1.54) is 29.4 Å². The molecule has 2 aromatic carbocycles. The molecular weight excluding hydrogens is 405 g/mol. The average molecular weight is 423 g/mol. The van der Waals surface area contributed by atoms with Crippen molar-refractivity contribution in [2.24, 2.45) is 0 Å². The number of amides is 1. The van der Waals surface area contributed by atoms with Crippen LogP contribution in [0.2, 0.25) is 0 Å². The summed E-state index contributed by atoms with van der Waals surface area (Å²) in [5, 5.41) is 0.384. The minimum absolute atomic E-state index is 0.191. The Morgan fingerprint density at radius 1 is 1.07 bits per heavy atom. The maximum Gasteiger partial charge on any atom is 0.267 e. The van der Waals surface area contributed by atoms with E-state index in [0.29, 0.717) is 27.0 Å². The van der Waals surface area contributed by atoms with Crippen LogP contribution < -0.4 is 14.4 Å². The zero-order valence-electron chi connectivity index (χ0n) is 16.1. The van der Waals surface area contributed by atoms with Gasteiger partial charge in [0, 0.05) is 6.20 Å². The smallest absolute Gasteiger partial charge is 0.267 e. The summed E-state index contributed by atoms with van der Waals surface area (Å²) in [5.74, 6) is 0.238. The number of para-hydroxylation sites is 3. The predicted molar refractivity (Wildman–Crippen MR) is 113 cm³/mol. The topological polar surface area (TPSA) is 64.6 Å². The highest BCUT2D eigenvalue weighted by atomic mass is 32.1. The number of pyridine rings is 1. The Kier molecular flexibility index (Phi) is 5.85. The fourth-order valence-corrected chi connectivity index (χ4v) is 3.89. The molecule has 0 aliphatic heterocycles. The normalized spacial score (nSPS) is 10.7. The van der Waals surface area contributed by atoms with Crippen molar-refractivity contribution in [2.75, 3.05) is 18.6 Å². The van der Waals surface area contributed by atoms with Crippen LogP contribution in [0.5, 0.6) is 11.5 Å². The van der Waals surface area contributed by atoms with Crippen LogP contribution in [0.3, 0.4) is 0 Å². The van der Waals surface area contributed by atoms with Gasteiger partial charge in [-0.15, -0.1) is 0 Å². The molecule has 0 fully saturated rings. The molecule has 0 saturated carbocycles. The van der Waals surface area contributed by atoms with Crippen LogP contribution in [-0.2, 0) is 11.3 Å². The molecule has 0 bridgehead atoms. The highest BCUT2D eigenvalue weighted by molar-refractivity contribution is 7.22. The second kappa shape index (κ2) is 8.87. The van der Waals surface area contributed by atoms with E-state index in [-0.39, 0.29) is 24.6 Å². The number of benzene rings is 2. The third-order valence-electron chi connectivity index (χ3n) is 4.36. The summed E-state index contributed by atoms with van der Waals surface area (Å²) < 4.78 is 25.7. The standard InChI is InChI=1S/C22H18FN3O3S/c1-28-17-9-2-3-10-18(17)29-14-20(27)26(13-15-7-4-5-12-24-15)22-25-21-16(23)8-6-11-19(21)30-22/h2-12H,13-14H2,1H3. The molecule has 6 nitrogen and oxygen atoms in total. The first-order valence-corrected chi connectivity index (χ1v) is 9.98. The number of thiazole rings is 1. The minimum atomic E-state index is -0.425. The average Bonchev–Trinajstić information content (AvgIpc) is 3.22. The lowest BCUT2D eigenvalue weighted by molar-refractivity contribution is -0.120. The highest BCUT2D eigenvalue weighted by Crippen LogP contribution is 2.31. The molecule has 0 saturated heterocycles. The molecule has 1 amide bonds. The molecule has 4 aromatic rings. The van der Waals surface area contributed by atoms with Crippen LogP contribution in [0.15, 0.2) is 66.9 Å². The van der Waals surface area contributed by atoms with Crippen molar-refractivity contribution in [3.63, 3.8) is 0 Å². The van der Waals surface area contributed by atoms with E-state index in [2.05, 4.69) is 9.97 Å². The lowest BCUT2D eigenvalue weighted by Gasteiger charge is -2.20. The fourth-order valence-electron chi connectivity index (χ4n) is 2.89. The lowest BCUT2D eigenvalue weighted by atomic mass is 10.3. The van der Waals surface area contributed by atoms with Crippen LogP contribution in [0.4, 0.5) is 9.52 Å². The number of aromatic nitrogens is 2. The van der Waals surface area contributed by atoms with Crippen LogP contribution in [-0.4, -0.2) is 29.6 Å². The Labute approximate surface area is 176 Å². The van der Waals surface area contributed by atoms with Gasteiger partial charge in [0.05, 0.1) is 24.0 Å². The van der Waals surface area contributed by atoms with Gasteiger partial charge in [0.25, 0.3) is 5.91 Å². The van der Waals surface area contributed by atoms with Gasteiger partial charge in [-0.1, -0.05) is 35.6 Å². The van der Waals surface area contributed by atoms with Gasteiger partial charge >= 0.3 is 0 Å². The zero-order chi connectivity index (χ0) is 20.9. The number of anilines is 1. The largest absolute Gasteiger partial charge is 0.493 e. The molecule has 0 N–H and O–H groups in total. The van der Waals surface area contributed by atoms with E-state index >= 15 is 0 Å². The van der Waals surface area contributed by atoms with Crippen LogP contribution in [0.25, 0.3) is 10.2 Å². The summed E-state index contributed by atoms with van der Waals surface area (Å²) in [6.07, 6.45) is 1.65. The van der Waals surface area contributed by atoms with Gasteiger partial charge in [-0.2, -0.15) is 0 Å². The van der Waals surface area contributed by atoms with Crippen LogP contribution in [0, 0.1) is 5.82 Å². The summed E-state index contributed by atoms with van der Waals surface area (Å²) in [6, 6.07) is 17.3. The fraction of sp³-hybridized carbons (Fsp3) is 0.136. The number of nitrogens with zero attached hydrogens (tertiary/aromatic N) is 3. The first-order valence-electron chi connectivity index (χ1n) is 9.17. The Balaban J connectivity index is 1.62. The monoisotopic (exact) mass is 423 g/mol. The van der Waals surface area contributed by atoms with Crippen LogP contribution in [0.1, 0.15) is 5.69 Å². The van der Waals surface area contributed by atoms with Gasteiger partial charge in [0.2, 0.25) is 0 Å². The third kappa shape index (κ3) is 4.23. The van der Waals surface area contributed by atoms with Crippen molar-refractivity contribution in [1.29, 1.82) is 0 Å². The molecule has 2 heterocycles. The van der Waals surface area contributed by atoms with E-state index in [0.717, 1.165) is 0 Å². The molecule has 0 unspecified atom stereocenters. The van der Waals surface area contributed by atoms with E-state index in [9.17, 15) is 9.18 Å². The molecule has 0 aliphatic carbocycles. The van der Waals surface area contributed by atoms with Gasteiger partial charge in [0.1, 0.15) is 11.3 Å². The van der Waals surface area contributed by atoms with Crippen molar-refractivity contribution in [3.05, 3.63) is 78.4 Å². The molecule has 0 radical (unpaired) electrons. The Morgan fingerprint density at radius 2 is 1.87 bits per heavy atom. The number of hydrogen-bond acceptors (Lipinski definition) is 6. The van der Waals surface area contributed by atoms with E-state index < -0.39 is 5.82 Å². The maximum absolute atomic E-state index is 14.1. The minimum Gasteiger partial charge on any atom is -0.493 e. The number of hydrogen-bond donors (Lipinski definition) is 0. The second-order valence-electron chi connectivity index (χ2n) is 6.32. The van der Waals surface area contributed by atoms with Crippen molar-refractivity contribution < 1.29 is 18.7 Å². The molecule has 0 aliphatic rings. The maximum atomic E-state index is 14.1. The third-order valence-corrected chi connectivity index (χ3v) is 5.40. The quantitative estimate of drug-likeness (QED) is 0.439. The number of methoxy groups -OCH3 is 1. The number of rotatable bonds is 7. The SMILES string of the molecule is COc1ccccc1OCC(=O)N(Cc1ccccn1)c1nc2c(F)cccc2s1. The zero-order valence-corrected chi connectivity index (χ0v) is 16.9. The van der Waals surface area contributed by atoms with Crippen molar-refractivity contribution in [3.8, 4) is 11.5 Å². The van der Waals surface area contributed by atoms with Crippen LogP contribution >= 0.6 is 11.3 Å². The van der Waals surface area contributed by atoms with Gasteiger partial charge in [0.15, 0.2) is 23.2 Å². The van der Waals surface area contributed by atoms with Gasteiger partial charge in [-0.3, -0.25) is 14.7 Å². The summed E-state index contributed by atoms with van der Waals surface area (Å²) in [7, 11) is 1.53. The second-order valence-corrected chi connectivity index (χ2v) is 7.33. The Morgan fingerprint density at radius 3 is 2.60 bits per heavy atom. The number of fused-ring (bicyclic) bond motifs is 1. The van der Waals surface area contributed by atoms with Crippen molar-refractivity contribution in [2.45, 2.75) is 6.54 Å². The van der Waals surface area contributed by atoms with Crippen molar-refractivity contribution >= 4 is 32.6 Å². The highest BCUT2D eigenvalue weighted by Gasteiger charge is 2.22. The summed E-state index contributed by atoms with van der Waals surface area (Å²) >= 11 is 1.24. The lowest BCUT2D eigenvalue weighted by Crippen LogP contribution is -2.34. The summed E-state index contributed by atoms with van der Waals surface area (Å²) in [5.41, 5.74) is 0.921. The van der Waals surface area contributed by atoms with Gasteiger partial charge < -0.3 is 9.47 Å². The first-order chi connectivity index (χ1) is 14.7. The molecule has 152 valence electrons. The summed E-state index contributed by atoms with van der Waals surface area (Å²) in [4.78, 5) is 23.2. The number of ether oxygens (including phenoxy) is 2. The van der Waals surface area contributed by atoms with Crippen molar-refractivity contribution in [1.82, 2.24) is 9.97 Å². The molecule has 8 heteroatoms. The summed E-state index contributed by atoms with van der Waals surface area (Å²) in [6.45, 7) is -0.0397. The molecule has 0 spiro atoms. The molecule has 4 rings (SSSR count). The van der Waals surface area contributed by atoms with E-state index in [1.807, 2.05) is 18.2 Å². The molecule has 30 heavy (non-hydrogen) atoms.